The average molecular weight is 473 g/mol. The molecule has 1 saturated heterocycles. The summed E-state index contributed by atoms with van der Waals surface area (Å²) in [6.45, 7) is 2.48. The Bertz CT molecular complexity index is 1240. The number of rotatable bonds is 3. The zero-order chi connectivity index (χ0) is 22.3. The Morgan fingerprint density at radius 2 is 1.84 bits per heavy atom. The van der Waals surface area contributed by atoms with Gasteiger partial charge in [-0.15, -0.1) is 4.40 Å². The van der Waals surface area contributed by atoms with Crippen molar-refractivity contribution >= 4 is 50.1 Å². The summed E-state index contributed by atoms with van der Waals surface area (Å²) in [5.41, 5.74) is 2.31. The molecule has 2 amide bonds. The Labute approximate surface area is 189 Å². The number of fused-ring (bicyclic) bond motifs is 3. The zero-order valence-electron chi connectivity index (χ0n) is 17.0. The molecule has 0 atom stereocenters. The Kier molecular flexibility index (Phi) is 5.39. The van der Waals surface area contributed by atoms with Crippen LogP contribution < -0.4 is 10.2 Å². The molecule has 0 spiro atoms. The van der Waals surface area contributed by atoms with Gasteiger partial charge in [0.25, 0.3) is 21.8 Å². The fourth-order valence-electron chi connectivity index (χ4n) is 3.75. The molecular formula is C21H20N4O5S2. The number of amidine groups is 1. The molecule has 3 aliphatic rings. The Morgan fingerprint density at radius 1 is 1.03 bits per heavy atom. The number of nitrogens with zero attached hydrogens (tertiary/aromatic N) is 3. The number of hydrogen-bond acceptors (Lipinski definition) is 7. The van der Waals surface area contributed by atoms with Crippen molar-refractivity contribution in [2.45, 2.75) is 4.90 Å². The lowest BCUT2D eigenvalue weighted by Crippen LogP contribution is -2.40. The second-order valence-electron chi connectivity index (χ2n) is 7.54. The van der Waals surface area contributed by atoms with Crippen LogP contribution in [-0.4, -0.2) is 68.9 Å². The third-order valence-electron chi connectivity index (χ3n) is 5.40. The van der Waals surface area contributed by atoms with E-state index in [4.69, 9.17) is 4.74 Å². The van der Waals surface area contributed by atoms with E-state index in [0.717, 1.165) is 10.6 Å². The number of carbonyl (C=O) groups is 2. The molecule has 9 nitrogen and oxygen atoms in total. The molecule has 1 N–H and O–H groups in total. The van der Waals surface area contributed by atoms with Crippen molar-refractivity contribution in [1.82, 2.24) is 4.90 Å². The molecule has 32 heavy (non-hydrogen) atoms. The second-order valence-corrected chi connectivity index (χ2v) is 10.3. The predicted molar refractivity (Wildman–Crippen MR) is 122 cm³/mol. The van der Waals surface area contributed by atoms with Crippen LogP contribution in [0.1, 0.15) is 20.7 Å². The van der Waals surface area contributed by atoms with Crippen LogP contribution >= 0.6 is 11.8 Å². The summed E-state index contributed by atoms with van der Waals surface area (Å²) in [4.78, 5) is 29.9. The lowest BCUT2D eigenvalue weighted by atomic mass is 10.1. The van der Waals surface area contributed by atoms with E-state index < -0.39 is 10.0 Å². The van der Waals surface area contributed by atoms with E-state index in [-0.39, 0.29) is 17.6 Å². The van der Waals surface area contributed by atoms with Gasteiger partial charge in [-0.05, 0) is 48.2 Å². The zero-order valence-corrected chi connectivity index (χ0v) is 18.6. The van der Waals surface area contributed by atoms with Gasteiger partial charge in [0.2, 0.25) is 0 Å². The van der Waals surface area contributed by atoms with Crippen molar-refractivity contribution in [3.8, 4) is 0 Å². The smallest absolute Gasteiger partial charge is 0.257 e. The summed E-state index contributed by atoms with van der Waals surface area (Å²) >= 11 is 1.24. The van der Waals surface area contributed by atoms with Crippen molar-refractivity contribution in [3.05, 3.63) is 53.6 Å². The van der Waals surface area contributed by atoms with Gasteiger partial charge in [0.1, 0.15) is 0 Å². The quantitative estimate of drug-likeness (QED) is 0.728. The molecule has 2 aromatic rings. The van der Waals surface area contributed by atoms with Gasteiger partial charge in [0.05, 0.1) is 24.7 Å². The predicted octanol–water partition coefficient (Wildman–Crippen LogP) is 2.02. The van der Waals surface area contributed by atoms with Crippen molar-refractivity contribution in [2.24, 2.45) is 4.40 Å². The maximum atomic E-state index is 12.8. The largest absolute Gasteiger partial charge is 0.378 e. The van der Waals surface area contributed by atoms with Crippen molar-refractivity contribution in [3.63, 3.8) is 0 Å². The van der Waals surface area contributed by atoms with Gasteiger partial charge in [-0.25, -0.2) is 8.42 Å². The number of amides is 2. The first-order valence-electron chi connectivity index (χ1n) is 10.1. The van der Waals surface area contributed by atoms with E-state index >= 15 is 0 Å². The monoisotopic (exact) mass is 472 g/mol. The number of hydrogen-bond donors (Lipinski definition) is 1. The fourth-order valence-corrected chi connectivity index (χ4v) is 6.05. The number of ether oxygens (including phenoxy) is 1. The number of anilines is 2. The van der Waals surface area contributed by atoms with Crippen molar-refractivity contribution in [1.29, 1.82) is 0 Å². The normalized spacial score (nSPS) is 19.1. The molecule has 3 aliphatic heterocycles. The minimum absolute atomic E-state index is 0.0295. The van der Waals surface area contributed by atoms with Crippen LogP contribution in [0.2, 0.25) is 0 Å². The number of carbonyl (C=O) groups excluding carboxylic acids is 2. The molecule has 2 aromatic carbocycles. The summed E-state index contributed by atoms with van der Waals surface area (Å²) in [7, 11) is -3.43. The van der Waals surface area contributed by atoms with Crippen LogP contribution in [0.15, 0.2) is 51.8 Å². The summed E-state index contributed by atoms with van der Waals surface area (Å²) in [5.74, 6) is -0.437. The van der Waals surface area contributed by atoms with Crippen molar-refractivity contribution in [2.75, 3.05) is 48.8 Å². The molecule has 11 heteroatoms. The van der Waals surface area contributed by atoms with E-state index in [0.29, 0.717) is 54.8 Å². The standard InChI is InChI=1S/C21H20N4O5S2/c26-19(22-16-3-1-2-15(12-16)20(27)24-6-9-30-10-7-24)14-4-5-17-18(13-14)31-21-23-32(28,29)11-8-25(17)21/h1-5,12-13H,6-11H2,(H,22,26). The van der Waals surface area contributed by atoms with E-state index in [1.54, 1.807) is 47.4 Å². The minimum atomic E-state index is -3.43. The Balaban J connectivity index is 1.32. The molecule has 166 valence electrons. The minimum Gasteiger partial charge on any atom is -0.378 e. The van der Waals surface area contributed by atoms with E-state index in [9.17, 15) is 18.0 Å². The van der Waals surface area contributed by atoms with Gasteiger partial charge in [0, 0.05) is 41.3 Å². The molecule has 3 heterocycles. The molecule has 5 rings (SSSR count). The number of sulfonamides is 1. The van der Waals surface area contributed by atoms with Crippen LogP contribution in [-0.2, 0) is 14.8 Å². The van der Waals surface area contributed by atoms with Gasteiger partial charge in [0.15, 0.2) is 5.17 Å². The number of morpholine rings is 1. The first kappa shape index (κ1) is 21.0. The molecule has 0 aromatic heterocycles. The maximum absolute atomic E-state index is 12.8. The molecule has 0 aliphatic carbocycles. The van der Waals surface area contributed by atoms with Gasteiger partial charge >= 0.3 is 0 Å². The van der Waals surface area contributed by atoms with Crippen molar-refractivity contribution < 1.29 is 22.7 Å². The van der Waals surface area contributed by atoms with Gasteiger partial charge in [-0.2, -0.15) is 0 Å². The van der Waals surface area contributed by atoms with Crippen LogP contribution in [0.4, 0.5) is 11.4 Å². The van der Waals surface area contributed by atoms with Crippen LogP contribution in [0.25, 0.3) is 0 Å². The highest BCUT2D eigenvalue weighted by Gasteiger charge is 2.33. The molecular weight excluding hydrogens is 452 g/mol. The van der Waals surface area contributed by atoms with Crippen LogP contribution in [0, 0.1) is 0 Å². The number of thioether (sulfide) groups is 1. The topological polar surface area (TPSA) is 108 Å². The SMILES string of the molecule is O=C(Nc1cccc(C(=O)N2CCOCC2)c1)c1ccc2c(c1)SC1=NS(=O)(=O)CCN12. The molecule has 0 bridgehead atoms. The van der Waals surface area contributed by atoms with Crippen LogP contribution in [0.3, 0.4) is 0 Å². The van der Waals surface area contributed by atoms with Gasteiger partial charge < -0.3 is 19.9 Å². The fraction of sp³-hybridized carbons (Fsp3) is 0.286. The first-order valence-corrected chi connectivity index (χ1v) is 12.5. The van der Waals surface area contributed by atoms with Gasteiger partial charge in [-0.1, -0.05) is 6.07 Å². The molecule has 0 unspecified atom stereocenters. The highest BCUT2D eigenvalue weighted by molar-refractivity contribution is 8.15. The highest BCUT2D eigenvalue weighted by atomic mass is 32.2. The number of benzene rings is 2. The highest BCUT2D eigenvalue weighted by Crippen LogP contribution is 2.42. The Hall–Kier alpha value is -2.89. The van der Waals surface area contributed by atoms with Gasteiger partial charge in [-0.3, -0.25) is 9.59 Å². The third-order valence-corrected chi connectivity index (χ3v) is 7.71. The molecule has 1 fully saturated rings. The summed E-state index contributed by atoms with van der Waals surface area (Å²) < 4.78 is 32.7. The summed E-state index contributed by atoms with van der Waals surface area (Å²) in [6, 6.07) is 12.1. The summed E-state index contributed by atoms with van der Waals surface area (Å²) in [5, 5.41) is 3.26. The second kappa shape index (κ2) is 8.23. The third kappa shape index (κ3) is 4.10. The Morgan fingerprint density at radius 3 is 2.66 bits per heavy atom. The van der Waals surface area contributed by atoms with E-state index in [1.165, 1.54) is 11.8 Å². The average Bonchev–Trinajstić information content (AvgIpc) is 3.14. The lowest BCUT2D eigenvalue weighted by Gasteiger charge is -2.27. The van der Waals surface area contributed by atoms with E-state index in [1.807, 2.05) is 4.90 Å². The van der Waals surface area contributed by atoms with Crippen LogP contribution in [0.5, 0.6) is 0 Å². The first-order chi connectivity index (χ1) is 15.4. The maximum Gasteiger partial charge on any atom is 0.257 e. The van der Waals surface area contributed by atoms with E-state index in [2.05, 4.69) is 9.71 Å². The lowest BCUT2D eigenvalue weighted by molar-refractivity contribution is 0.0303. The summed E-state index contributed by atoms with van der Waals surface area (Å²) in [6.07, 6.45) is 0. The number of nitrogens with one attached hydrogen (secondary N) is 1. The molecule has 0 saturated carbocycles. The molecule has 0 radical (unpaired) electrons.